The summed E-state index contributed by atoms with van der Waals surface area (Å²) in [5.74, 6) is -0.114. The van der Waals surface area contributed by atoms with Gasteiger partial charge in [0.05, 0.1) is 29.9 Å². The molecule has 1 aliphatic rings. The van der Waals surface area contributed by atoms with Crippen LogP contribution in [0.2, 0.25) is 5.02 Å². The average molecular weight is 400 g/mol. The summed E-state index contributed by atoms with van der Waals surface area (Å²) in [6, 6.07) is 6.86. The molecule has 1 saturated heterocycles. The minimum Gasteiger partial charge on any atom is -0.376 e. The Morgan fingerprint density at radius 2 is 2.14 bits per heavy atom. The van der Waals surface area contributed by atoms with Gasteiger partial charge in [0, 0.05) is 35.1 Å². The molecule has 6 nitrogen and oxygen atoms in total. The maximum Gasteiger partial charge on any atom is 0.261 e. The van der Waals surface area contributed by atoms with Crippen LogP contribution in [0.15, 0.2) is 35.4 Å². The smallest absolute Gasteiger partial charge is 0.261 e. The van der Waals surface area contributed by atoms with E-state index < -0.39 is 0 Å². The van der Waals surface area contributed by atoms with E-state index in [-0.39, 0.29) is 24.0 Å². The molecule has 0 N–H and O–H groups in total. The number of aryl methyl sites for hydroxylation is 1. The second kappa shape index (κ2) is 7.53. The predicted octanol–water partition coefficient (Wildman–Crippen LogP) is 3.53. The Balaban J connectivity index is 1.61. The van der Waals surface area contributed by atoms with E-state index in [1.54, 1.807) is 18.2 Å². The molecule has 1 aromatic carbocycles. The lowest BCUT2D eigenvalue weighted by Gasteiger charge is -2.15. The first-order valence-corrected chi connectivity index (χ1v) is 9.78. The number of halogens is 1. The zero-order valence-electron chi connectivity index (χ0n) is 15.9. The van der Waals surface area contributed by atoms with Gasteiger partial charge in [-0.25, -0.2) is 4.98 Å². The highest BCUT2D eigenvalue weighted by molar-refractivity contribution is 6.31. The lowest BCUT2D eigenvalue weighted by molar-refractivity contribution is 0.0948. The number of ketones is 1. The van der Waals surface area contributed by atoms with Crippen LogP contribution >= 0.6 is 11.6 Å². The number of rotatable bonds is 5. The van der Waals surface area contributed by atoms with E-state index >= 15 is 0 Å². The first-order chi connectivity index (χ1) is 13.4. The highest BCUT2D eigenvalue weighted by Gasteiger charge is 2.21. The van der Waals surface area contributed by atoms with E-state index in [4.69, 9.17) is 16.3 Å². The number of benzene rings is 1. The van der Waals surface area contributed by atoms with Gasteiger partial charge in [-0.05, 0) is 51.0 Å². The Hall–Kier alpha value is -2.44. The molecule has 1 atom stereocenters. The standard InChI is InChI=1S/C21H22ClN3O3/c1-13-8-17(14(2)25(13)10-16-4-3-7-28-16)20(26)11-24-12-23-19-6-5-15(22)9-18(19)21(24)27/h5-6,8-9,12,16H,3-4,7,10-11H2,1-2H3/t16-/m0/s1. The fourth-order valence-electron chi connectivity index (χ4n) is 3.84. The molecule has 0 unspecified atom stereocenters. The quantitative estimate of drug-likeness (QED) is 0.615. The summed E-state index contributed by atoms with van der Waals surface area (Å²) in [6.07, 6.45) is 3.74. The largest absolute Gasteiger partial charge is 0.376 e. The van der Waals surface area contributed by atoms with E-state index in [0.717, 1.165) is 37.4 Å². The van der Waals surface area contributed by atoms with Crippen LogP contribution < -0.4 is 5.56 Å². The summed E-state index contributed by atoms with van der Waals surface area (Å²) in [5, 5.41) is 0.875. The number of hydrogen-bond donors (Lipinski definition) is 0. The molecular weight excluding hydrogens is 378 g/mol. The van der Waals surface area contributed by atoms with Crippen molar-refractivity contribution in [2.45, 2.75) is 45.9 Å². The minimum absolute atomic E-state index is 0.0570. The molecule has 2 aromatic heterocycles. The van der Waals surface area contributed by atoms with Crippen molar-refractivity contribution < 1.29 is 9.53 Å². The van der Waals surface area contributed by atoms with Gasteiger partial charge in [-0.3, -0.25) is 14.2 Å². The van der Waals surface area contributed by atoms with Crippen LogP contribution in [-0.2, 0) is 17.8 Å². The summed E-state index contributed by atoms with van der Waals surface area (Å²) in [4.78, 5) is 29.9. The van der Waals surface area contributed by atoms with Crippen LogP contribution in [-0.4, -0.2) is 32.6 Å². The van der Waals surface area contributed by atoms with E-state index in [1.165, 1.54) is 10.9 Å². The zero-order chi connectivity index (χ0) is 19.8. The van der Waals surface area contributed by atoms with Crippen LogP contribution in [0.25, 0.3) is 10.9 Å². The minimum atomic E-state index is -0.269. The Morgan fingerprint density at radius 1 is 1.32 bits per heavy atom. The van der Waals surface area contributed by atoms with Gasteiger partial charge >= 0.3 is 0 Å². The van der Waals surface area contributed by atoms with Gasteiger partial charge < -0.3 is 9.30 Å². The van der Waals surface area contributed by atoms with Crippen molar-refractivity contribution in [3.05, 3.63) is 62.9 Å². The van der Waals surface area contributed by atoms with Crippen LogP contribution in [0.3, 0.4) is 0 Å². The number of carbonyl (C=O) groups excluding carboxylic acids is 1. The van der Waals surface area contributed by atoms with Gasteiger partial charge in [0.2, 0.25) is 0 Å². The molecule has 0 saturated carbocycles. The fraction of sp³-hybridized carbons (Fsp3) is 0.381. The van der Waals surface area contributed by atoms with Gasteiger partial charge in [-0.15, -0.1) is 0 Å². The number of carbonyl (C=O) groups is 1. The average Bonchev–Trinajstić information content (AvgIpc) is 3.28. The topological polar surface area (TPSA) is 66.1 Å². The van der Waals surface area contributed by atoms with E-state index in [0.29, 0.717) is 21.5 Å². The molecule has 3 heterocycles. The molecule has 0 amide bonds. The lowest BCUT2D eigenvalue weighted by atomic mass is 10.1. The summed E-state index contributed by atoms with van der Waals surface area (Å²) in [5.41, 5.74) is 2.85. The van der Waals surface area contributed by atoms with Gasteiger partial charge in [0.25, 0.3) is 5.56 Å². The van der Waals surface area contributed by atoms with Crippen LogP contribution in [0.1, 0.15) is 34.6 Å². The molecule has 4 rings (SSSR count). The first kappa shape index (κ1) is 18.9. The first-order valence-electron chi connectivity index (χ1n) is 9.40. The lowest BCUT2D eigenvalue weighted by Crippen LogP contribution is -2.25. The maximum atomic E-state index is 12.9. The molecule has 1 aliphatic heterocycles. The SMILES string of the molecule is Cc1cc(C(=O)Cn2cnc3ccc(Cl)cc3c2=O)c(C)n1C[C@@H]1CCCO1. The summed E-state index contributed by atoms with van der Waals surface area (Å²) >= 11 is 6.00. The number of aromatic nitrogens is 3. The van der Waals surface area contributed by atoms with Gasteiger partial charge in [0.1, 0.15) is 0 Å². The Morgan fingerprint density at radius 3 is 2.89 bits per heavy atom. The Bertz CT molecular complexity index is 1110. The van der Waals surface area contributed by atoms with Crippen molar-refractivity contribution in [1.82, 2.24) is 14.1 Å². The number of fused-ring (bicyclic) bond motifs is 1. The normalized spacial score (nSPS) is 16.8. The molecule has 3 aromatic rings. The fourth-order valence-corrected chi connectivity index (χ4v) is 4.01. The zero-order valence-corrected chi connectivity index (χ0v) is 16.7. The Kier molecular flexibility index (Phi) is 5.08. The number of nitrogens with zero attached hydrogens (tertiary/aromatic N) is 3. The van der Waals surface area contributed by atoms with Gasteiger partial charge in [0.15, 0.2) is 5.78 Å². The molecule has 0 spiro atoms. The molecule has 0 radical (unpaired) electrons. The predicted molar refractivity (Wildman–Crippen MR) is 108 cm³/mol. The van der Waals surface area contributed by atoms with Gasteiger partial charge in [-0.1, -0.05) is 11.6 Å². The van der Waals surface area contributed by atoms with E-state index in [2.05, 4.69) is 9.55 Å². The molecule has 28 heavy (non-hydrogen) atoms. The van der Waals surface area contributed by atoms with Crippen LogP contribution in [0.5, 0.6) is 0 Å². The van der Waals surface area contributed by atoms with Crippen molar-refractivity contribution in [2.24, 2.45) is 0 Å². The van der Waals surface area contributed by atoms with Crippen molar-refractivity contribution in [2.75, 3.05) is 6.61 Å². The van der Waals surface area contributed by atoms with Crippen molar-refractivity contribution in [3.8, 4) is 0 Å². The maximum absolute atomic E-state index is 12.9. The number of Topliss-reactive ketones (excluding diaryl/α,β-unsaturated/α-hetero) is 1. The third-order valence-corrected chi connectivity index (χ3v) is 5.62. The highest BCUT2D eigenvalue weighted by atomic mass is 35.5. The highest BCUT2D eigenvalue weighted by Crippen LogP contribution is 2.21. The number of ether oxygens (including phenoxy) is 1. The van der Waals surface area contributed by atoms with Crippen molar-refractivity contribution in [3.63, 3.8) is 0 Å². The van der Waals surface area contributed by atoms with E-state index in [1.807, 2.05) is 19.9 Å². The summed E-state index contributed by atoms with van der Waals surface area (Å²) in [7, 11) is 0. The summed E-state index contributed by atoms with van der Waals surface area (Å²) < 4.78 is 9.20. The molecule has 0 aliphatic carbocycles. The van der Waals surface area contributed by atoms with Crippen LogP contribution in [0.4, 0.5) is 0 Å². The van der Waals surface area contributed by atoms with Crippen LogP contribution in [0, 0.1) is 13.8 Å². The van der Waals surface area contributed by atoms with E-state index in [9.17, 15) is 9.59 Å². The monoisotopic (exact) mass is 399 g/mol. The second-order valence-electron chi connectivity index (χ2n) is 7.29. The molecule has 1 fully saturated rings. The summed E-state index contributed by atoms with van der Waals surface area (Å²) in [6.45, 7) is 5.43. The van der Waals surface area contributed by atoms with Crippen molar-refractivity contribution in [1.29, 1.82) is 0 Å². The third kappa shape index (κ3) is 3.50. The second-order valence-corrected chi connectivity index (χ2v) is 7.73. The van der Waals surface area contributed by atoms with Gasteiger partial charge in [-0.2, -0.15) is 0 Å². The Labute approximate surface area is 167 Å². The molecule has 0 bridgehead atoms. The molecule has 146 valence electrons. The third-order valence-electron chi connectivity index (χ3n) is 5.38. The van der Waals surface area contributed by atoms with Crippen molar-refractivity contribution >= 4 is 28.3 Å². The number of hydrogen-bond acceptors (Lipinski definition) is 4. The molecular formula is C21H22ClN3O3. The molecule has 7 heteroatoms.